The Morgan fingerprint density at radius 3 is 2.13 bits per heavy atom. The van der Waals surface area contributed by atoms with Crippen LogP contribution in [-0.4, -0.2) is 37.6 Å². The third kappa shape index (κ3) is 2.54. The van der Waals surface area contributed by atoms with E-state index < -0.39 is 0 Å². The van der Waals surface area contributed by atoms with Gasteiger partial charge < -0.3 is 10.2 Å². The second-order valence-electron chi connectivity index (χ2n) is 6.97. The van der Waals surface area contributed by atoms with E-state index in [0.717, 1.165) is 5.92 Å². The monoisotopic (exact) mass is 210 g/mol. The van der Waals surface area contributed by atoms with Crippen LogP contribution in [0.3, 0.4) is 0 Å². The molecule has 15 heavy (non-hydrogen) atoms. The molecule has 0 spiro atoms. The van der Waals surface area contributed by atoms with Crippen LogP contribution in [0.25, 0.3) is 0 Å². The van der Waals surface area contributed by atoms with Crippen molar-refractivity contribution in [2.24, 2.45) is 16.7 Å². The molecule has 0 amide bonds. The van der Waals surface area contributed by atoms with Crippen molar-refractivity contribution in [1.29, 1.82) is 0 Å². The summed E-state index contributed by atoms with van der Waals surface area (Å²) in [5.74, 6) is 0.795. The van der Waals surface area contributed by atoms with E-state index in [0.29, 0.717) is 10.8 Å². The van der Waals surface area contributed by atoms with Gasteiger partial charge in [-0.25, -0.2) is 0 Å². The molecule has 2 atom stereocenters. The molecule has 2 heterocycles. The highest BCUT2D eigenvalue weighted by atomic mass is 15.2. The standard InChI is InChI=1S/C13H26N2/c1-11(2)5-15-9-12(3)6-13(4,10-15)8-14-7-12/h11,14H,5-10H2,1-4H3/t12-,13+. The Morgan fingerprint density at radius 2 is 1.67 bits per heavy atom. The predicted molar refractivity (Wildman–Crippen MR) is 65.0 cm³/mol. The van der Waals surface area contributed by atoms with Crippen LogP contribution >= 0.6 is 0 Å². The number of nitrogens with one attached hydrogen (secondary N) is 1. The maximum atomic E-state index is 3.61. The molecule has 0 radical (unpaired) electrons. The largest absolute Gasteiger partial charge is 0.316 e. The van der Waals surface area contributed by atoms with Gasteiger partial charge >= 0.3 is 0 Å². The van der Waals surface area contributed by atoms with Crippen LogP contribution in [0.15, 0.2) is 0 Å². The summed E-state index contributed by atoms with van der Waals surface area (Å²) in [6.07, 6.45) is 1.40. The minimum atomic E-state index is 0.514. The molecular formula is C13H26N2. The Balaban J connectivity index is 2.07. The van der Waals surface area contributed by atoms with Gasteiger partial charge in [0.2, 0.25) is 0 Å². The summed E-state index contributed by atoms with van der Waals surface area (Å²) in [4.78, 5) is 2.69. The summed E-state index contributed by atoms with van der Waals surface area (Å²) in [5.41, 5.74) is 1.03. The fourth-order valence-electron chi connectivity index (χ4n) is 3.83. The van der Waals surface area contributed by atoms with E-state index >= 15 is 0 Å². The normalized spacial score (nSPS) is 42.2. The zero-order valence-corrected chi connectivity index (χ0v) is 10.8. The van der Waals surface area contributed by atoms with Gasteiger partial charge in [0.1, 0.15) is 0 Å². The van der Waals surface area contributed by atoms with E-state index in [2.05, 4.69) is 37.9 Å². The number of rotatable bonds is 2. The highest BCUT2D eigenvalue weighted by Gasteiger charge is 2.45. The van der Waals surface area contributed by atoms with Crippen molar-refractivity contribution in [3.8, 4) is 0 Å². The van der Waals surface area contributed by atoms with Crippen LogP contribution < -0.4 is 5.32 Å². The van der Waals surface area contributed by atoms with E-state index in [9.17, 15) is 0 Å². The second-order valence-corrected chi connectivity index (χ2v) is 6.97. The summed E-state index contributed by atoms with van der Waals surface area (Å²) in [6, 6.07) is 0. The first-order chi connectivity index (χ1) is 6.91. The quantitative estimate of drug-likeness (QED) is 0.749. The van der Waals surface area contributed by atoms with Gasteiger partial charge in [-0.3, -0.25) is 0 Å². The molecule has 2 fully saturated rings. The first-order valence-corrected chi connectivity index (χ1v) is 6.34. The van der Waals surface area contributed by atoms with E-state index in [1.165, 1.54) is 39.1 Å². The highest BCUT2D eigenvalue weighted by molar-refractivity contribution is 5.00. The molecular weight excluding hydrogens is 184 g/mol. The van der Waals surface area contributed by atoms with Gasteiger partial charge in [-0.15, -0.1) is 0 Å². The van der Waals surface area contributed by atoms with Gasteiger partial charge in [0.15, 0.2) is 0 Å². The van der Waals surface area contributed by atoms with Crippen LogP contribution in [0.2, 0.25) is 0 Å². The molecule has 1 N–H and O–H groups in total. The van der Waals surface area contributed by atoms with Crippen molar-refractivity contribution in [3.63, 3.8) is 0 Å². The third-order valence-corrected chi connectivity index (χ3v) is 3.79. The van der Waals surface area contributed by atoms with Crippen LogP contribution in [0.1, 0.15) is 34.1 Å². The topological polar surface area (TPSA) is 15.3 Å². The highest BCUT2D eigenvalue weighted by Crippen LogP contribution is 2.42. The van der Waals surface area contributed by atoms with Gasteiger partial charge in [0, 0.05) is 32.7 Å². The van der Waals surface area contributed by atoms with Crippen LogP contribution in [0.5, 0.6) is 0 Å². The number of nitrogens with zero attached hydrogens (tertiary/aromatic N) is 1. The van der Waals surface area contributed by atoms with E-state index in [-0.39, 0.29) is 0 Å². The minimum Gasteiger partial charge on any atom is -0.316 e. The number of fused-ring (bicyclic) bond motifs is 2. The second kappa shape index (κ2) is 3.74. The smallest absolute Gasteiger partial charge is 0.00481 e. The van der Waals surface area contributed by atoms with Gasteiger partial charge in [0.05, 0.1) is 0 Å². The lowest BCUT2D eigenvalue weighted by Gasteiger charge is -2.54. The van der Waals surface area contributed by atoms with Gasteiger partial charge in [-0.1, -0.05) is 27.7 Å². The zero-order chi connectivity index (χ0) is 11.1. The van der Waals surface area contributed by atoms with Crippen LogP contribution in [0.4, 0.5) is 0 Å². The summed E-state index contributed by atoms with van der Waals surface area (Å²) in [6.45, 7) is 15.8. The van der Waals surface area contributed by atoms with Gasteiger partial charge in [-0.05, 0) is 23.2 Å². The first-order valence-electron chi connectivity index (χ1n) is 6.34. The van der Waals surface area contributed by atoms with Crippen molar-refractivity contribution in [3.05, 3.63) is 0 Å². The van der Waals surface area contributed by atoms with Crippen LogP contribution in [-0.2, 0) is 0 Å². The molecule has 0 aromatic carbocycles. The third-order valence-electron chi connectivity index (χ3n) is 3.79. The van der Waals surface area contributed by atoms with E-state index in [4.69, 9.17) is 0 Å². The zero-order valence-electron chi connectivity index (χ0n) is 10.8. The molecule has 0 unspecified atom stereocenters. The molecule has 2 rings (SSSR count). The van der Waals surface area contributed by atoms with E-state index in [1.807, 2.05) is 0 Å². The number of hydrogen-bond acceptors (Lipinski definition) is 2. The van der Waals surface area contributed by atoms with Gasteiger partial charge in [-0.2, -0.15) is 0 Å². The number of piperidine rings is 2. The SMILES string of the molecule is CC(C)CN1C[C@]2(C)CNC[C@](C)(C1)C2. The number of hydrogen-bond donors (Lipinski definition) is 1. The molecule has 2 nitrogen and oxygen atoms in total. The molecule has 0 aromatic heterocycles. The lowest BCUT2D eigenvalue weighted by molar-refractivity contribution is -0.0241. The molecule has 0 aromatic rings. The van der Waals surface area contributed by atoms with Crippen LogP contribution in [0, 0.1) is 16.7 Å². The maximum absolute atomic E-state index is 3.61. The first kappa shape index (κ1) is 11.4. The van der Waals surface area contributed by atoms with Crippen molar-refractivity contribution in [2.45, 2.75) is 34.1 Å². The molecule has 0 aliphatic carbocycles. The summed E-state index contributed by atoms with van der Waals surface area (Å²) >= 11 is 0. The Kier molecular flexibility index (Phi) is 2.85. The Labute approximate surface area is 94.4 Å². The molecule has 0 saturated carbocycles. The minimum absolute atomic E-state index is 0.514. The Hall–Kier alpha value is -0.0800. The molecule has 2 heteroatoms. The lowest BCUT2D eigenvalue weighted by atomic mass is 9.66. The molecule has 88 valence electrons. The molecule has 2 aliphatic rings. The van der Waals surface area contributed by atoms with E-state index in [1.54, 1.807) is 0 Å². The summed E-state index contributed by atoms with van der Waals surface area (Å²) in [5, 5.41) is 3.61. The Morgan fingerprint density at radius 1 is 1.13 bits per heavy atom. The number of likely N-dealkylation sites (tertiary alicyclic amines) is 1. The van der Waals surface area contributed by atoms with Crippen molar-refractivity contribution in [1.82, 2.24) is 10.2 Å². The molecule has 2 saturated heterocycles. The predicted octanol–water partition coefficient (Wildman–Crippen LogP) is 1.96. The fraction of sp³-hybridized carbons (Fsp3) is 1.00. The van der Waals surface area contributed by atoms with Crippen molar-refractivity contribution >= 4 is 0 Å². The average molecular weight is 210 g/mol. The molecule has 2 aliphatic heterocycles. The van der Waals surface area contributed by atoms with Crippen molar-refractivity contribution in [2.75, 3.05) is 32.7 Å². The lowest BCUT2D eigenvalue weighted by Crippen LogP contribution is -2.61. The molecule has 2 bridgehead atoms. The summed E-state index contributed by atoms with van der Waals surface area (Å²) in [7, 11) is 0. The van der Waals surface area contributed by atoms with Gasteiger partial charge in [0.25, 0.3) is 0 Å². The average Bonchev–Trinajstić information content (AvgIpc) is 1.97. The maximum Gasteiger partial charge on any atom is 0.00481 e. The Bertz CT molecular complexity index is 221. The summed E-state index contributed by atoms with van der Waals surface area (Å²) < 4.78 is 0. The fourth-order valence-corrected chi connectivity index (χ4v) is 3.83. The van der Waals surface area contributed by atoms with Crippen molar-refractivity contribution < 1.29 is 0 Å².